The van der Waals surface area contributed by atoms with Crippen LogP contribution in [-0.4, -0.2) is 13.1 Å². The van der Waals surface area contributed by atoms with Crippen LogP contribution in [0.4, 0.5) is 14.9 Å². The molecule has 2 amide bonds. The summed E-state index contributed by atoms with van der Waals surface area (Å²) in [6.45, 7) is 9.20. The summed E-state index contributed by atoms with van der Waals surface area (Å²) in [7, 11) is 1.35. The van der Waals surface area contributed by atoms with Crippen LogP contribution in [0.25, 0.3) is 0 Å². The maximum atomic E-state index is 13.2. The van der Waals surface area contributed by atoms with E-state index in [1.54, 1.807) is 12.2 Å². The highest BCUT2D eigenvalue weighted by Crippen LogP contribution is 2.21. The Morgan fingerprint density at radius 3 is 2.65 bits per heavy atom. The molecular weight excluding hydrogens is 259 g/mol. The minimum atomic E-state index is -0.493. The van der Waals surface area contributed by atoms with Gasteiger partial charge in [-0.2, -0.15) is 0 Å². The molecule has 0 aliphatic heterocycles. The minimum absolute atomic E-state index is 0.0591. The Labute approximate surface area is 117 Å². The number of ether oxygens (including phenoxy) is 1. The van der Waals surface area contributed by atoms with E-state index in [9.17, 15) is 9.18 Å². The Bertz CT molecular complexity index is 565. The molecule has 2 N–H and O–H groups in total. The van der Waals surface area contributed by atoms with Gasteiger partial charge in [0, 0.05) is 17.5 Å². The predicted octanol–water partition coefficient (Wildman–Crippen LogP) is 3.60. The summed E-state index contributed by atoms with van der Waals surface area (Å²) in [5.41, 5.74) is 1.67. The number of benzene rings is 1. The van der Waals surface area contributed by atoms with Gasteiger partial charge in [0.05, 0.1) is 7.11 Å². The van der Waals surface area contributed by atoms with Gasteiger partial charge in [-0.3, -0.25) is 0 Å². The van der Waals surface area contributed by atoms with Gasteiger partial charge >= 0.3 is 6.03 Å². The molecule has 0 fully saturated rings. The maximum Gasteiger partial charge on any atom is 0.323 e. The van der Waals surface area contributed by atoms with Crippen molar-refractivity contribution in [3.05, 3.63) is 60.6 Å². The normalized spacial score (nSPS) is 10.2. The molecule has 0 radical (unpaired) electrons. The molecule has 1 aromatic carbocycles. The second kappa shape index (κ2) is 7.13. The van der Waals surface area contributed by atoms with E-state index in [2.05, 4.69) is 23.8 Å². The second-order valence-electron chi connectivity index (χ2n) is 4.13. The molecule has 4 nitrogen and oxygen atoms in total. The van der Waals surface area contributed by atoms with E-state index in [-0.39, 0.29) is 5.75 Å². The van der Waals surface area contributed by atoms with Crippen LogP contribution in [0.2, 0.25) is 0 Å². The van der Waals surface area contributed by atoms with Gasteiger partial charge in [0.25, 0.3) is 0 Å². The summed E-state index contributed by atoms with van der Waals surface area (Å²) >= 11 is 0. The smallest absolute Gasteiger partial charge is 0.323 e. The van der Waals surface area contributed by atoms with Crippen LogP contribution < -0.4 is 15.4 Å². The zero-order chi connectivity index (χ0) is 15.1. The molecule has 1 rings (SSSR count). The van der Waals surface area contributed by atoms with Crippen molar-refractivity contribution in [1.82, 2.24) is 5.32 Å². The SMILES string of the molecule is C=C(C)/C=C\C(=C)NC(=O)Nc1ccc(F)c(OC)c1. The van der Waals surface area contributed by atoms with Gasteiger partial charge in [-0.25, -0.2) is 9.18 Å². The van der Waals surface area contributed by atoms with Gasteiger partial charge < -0.3 is 15.4 Å². The van der Waals surface area contributed by atoms with Gasteiger partial charge in [0.1, 0.15) is 0 Å². The molecule has 20 heavy (non-hydrogen) atoms. The summed E-state index contributed by atoms with van der Waals surface area (Å²) in [5.74, 6) is -0.434. The van der Waals surface area contributed by atoms with E-state index in [0.717, 1.165) is 5.57 Å². The zero-order valence-electron chi connectivity index (χ0n) is 11.5. The number of methoxy groups -OCH3 is 1. The van der Waals surface area contributed by atoms with E-state index < -0.39 is 11.8 Å². The zero-order valence-corrected chi connectivity index (χ0v) is 11.5. The largest absolute Gasteiger partial charge is 0.494 e. The molecule has 0 spiro atoms. The Kier molecular flexibility index (Phi) is 5.53. The lowest BCUT2D eigenvalue weighted by Crippen LogP contribution is -2.27. The number of hydrogen-bond acceptors (Lipinski definition) is 2. The number of hydrogen-bond donors (Lipinski definition) is 2. The first-order valence-electron chi connectivity index (χ1n) is 5.86. The van der Waals surface area contributed by atoms with Crippen LogP contribution in [0.1, 0.15) is 6.92 Å². The van der Waals surface area contributed by atoms with Crippen molar-refractivity contribution >= 4 is 11.7 Å². The van der Waals surface area contributed by atoms with Gasteiger partial charge in [-0.15, -0.1) is 0 Å². The van der Waals surface area contributed by atoms with Crippen molar-refractivity contribution in [2.75, 3.05) is 12.4 Å². The van der Waals surface area contributed by atoms with Crippen molar-refractivity contribution in [3.63, 3.8) is 0 Å². The molecule has 0 bridgehead atoms. The molecule has 0 aromatic heterocycles. The average Bonchev–Trinajstić information content (AvgIpc) is 2.38. The molecule has 0 heterocycles. The molecule has 0 aliphatic carbocycles. The number of nitrogens with one attached hydrogen (secondary N) is 2. The first-order valence-corrected chi connectivity index (χ1v) is 5.86. The average molecular weight is 276 g/mol. The fraction of sp³-hybridized carbons (Fsp3) is 0.133. The molecule has 0 atom stereocenters. The molecule has 1 aromatic rings. The second-order valence-corrected chi connectivity index (χ2v) is 4.13. The Hall–Kier alpha value is -2.56. The first kappa shape index (κ1) is 15.5. The monoisotopic (exact) mass is 276 g/mol. The maximum absolute atomic E-state index is 13.2. The minimum Gasteiger partial charge on any atom is -0.494 e. The Morgan fingerprint density at radius 1 is 1.35 bits per heavy atom. The fourth-order valence-electron chi connectivity index (χ4n) is 1.33. The predicted molar refractivity (Wildman–Crippen MR) is 78.2 cm³/mol. The van der Waals surface area contributed by atoms with Gasteiger partial charge in [0.15, 0.2) is 11.6 Å². The lowest BCUT2D eigenvalue weighted by Gasteiger charge is -2.09. The molecule has 5 heteroatoms. The fourth-order valence-corrected chi connectivity index (χ4v) is 1.33. The van der Waals surface area contributed by atoms with Crippen LogP contribution in [0.3, 0.4) is 0 Å². The molecule has 0 saturated heterocycles. The number of carbonyl (C=O) groups is 1. The third-order valence-corrected chi connectivity index (χ3v) is 2.25. The van der Waals surface area contributed by atoms with Crippen molar-refractivity contribution in [1.29, 1.82) is 0 Å². The highest BCUT2D eigenvalue weighted by molar-refractivity contribution is 5.90. The lowest BCUT2D eigenvalue weighted by atomic mass is 10.3. The number of urea groups is 1. The van der Waals surface area contributed by atoms with Gasteiger partial charge in [0.2, 0.25) is 0 Å². The lowest BCUT2D eigenvalue weighted by molar-refractivity contribution is 0.254. The molecule has 0 aliphatic rings. The van der Waals surface area contributed by atoms with E-state index in [4.69, 9.17) is 4.74 Å². The number of rotatable bonds is 5. The summed E-state index contributed by atoms with van der Waals surface area (Å²) in [5, 5.41) is 5.08. The molecule has 106 valence electrons. The number of carbonyl (C=O) groups excluding carboxylic acids is 1. The van der Waals surface area contributed by atoms with Crippen LogP contribution in [0.5, 0.6) is 5.75 Å². The van der Waals surface area contributed by atoms with Crippen molar-refractivity contribution in [2.45, 2.75) is 6.92 Å². The molecular formula is C15H17FN2O2. The first-order chi connectivity index (χ1) is 9.42. The van der Waals surface area contributed by atoms with Gasteiger partial charge in [-0.1, -0.05) is 24.8 Å². The summed E-state index contributed by atoms with van der Waals surface area (Å²) in [6.07, 6.45) is 3.36. The van der Waals surface area contributed by atoms with Gasteiger partial charge in [-0.05, 0) is 25.1 Å². The molecule has 0 unspecified atom stereocenters. The van der Waals surface area contributed by atoms with Crippen LogP contribution in [0.15, 0.2) is 54.8 Å². The number of allylic oxidation sites excluding steroid dienone is 3. The summed E-state index contributed by atoms with van der Waals surface area (Å²) in [6, 6.07) is 3.56. The number of amides is 2. The van der Waals surface area contributed by atoms with Crippen LogP contribution in [-0.2, 0) is 0 Å². The van der Waals surface area contributed by atoms with Crippen molar-refractivity contribution in [2.24, 2.45) is 0 Å². The quantitative estimate of drug-likeness (QED) is 0.807. The standard InChI is InChI=1S/C15H17FN2O2/c1-10(2)5-6-11(3)17-15(19)18-12-7-8-13(16)14(9-12)20-4/h5-9H,1,3H2,2,4H3,(H2,17,18,19)/b6-5-. The van der Waals surface area contributed by atoms with E-state index in [0.29, 0.717) is 11.4 Å². The highest BCUT2D eigenvalue weighted by Gasteiger charge is 2.06. The van der Waals surface area contributed by atoms with Crippen LogP contribution in [0, 0.1) is 5.82 Å². The third kappa shape index (κ3) is 4.97. The number of anilines is 1. The summed E-state index contributed by atoms with van der Waals surface area (Å²) < 4.78 is 18.0. The number of halogens is 1. The molecule has 0 saturated carbocycles. The van der Waals surface area contributed by atoms with E-state index in [1.165, 1.54) is 25.3 Å². The Morgan fingerprint density at radius 2 is 2.05 bits per heavy atom. The van der Waals surface area contributed by atoms with Crippen LogP contribution >= 0.6 is 0 Å². The Balaban J connectivity index is 2.62. The van der Waals surface area contributed by atoms with E-state index >= 15 is 0 Å². The van der Waals surface area contributed by atoms with E-state index in [1.807, 2.05) is 6.92 Å². The van der Waals surface area contributed by atoms with Crippen molar-refractivity contribution in [3.8, 4) is 5.75 Å². The van der Waals surface area contributed by atoms with Crippen molar-refractivity contribution < 1.29 is 13.9 Å². The topological polar surface area (TPSA) is 50.4 Å². The third-order valence-electron chi connectivity index (χ3n) is 2.25. The highest BCUT2D eigenvalue weighted by atomic mass is 19.1. The summed E-state index contributed by atoms with van der Waals surface area (Å²) in [4.78, 5) is 11.7.